The van der Waals surface area contributed by atoms with Crippen LogP contribution in [0.5, 0.6) is 5.75 Å². The Hall–Kier alpha value is -2.16. The highest BCUT2D eigenvalue weighted by Crippen LogP contribution is 2.34. The van der Waals surface area contributed by atoms with Crippen LogP contribution in [0.1, 0.15) is 11.1 Å². The van der Waals surface area contributed by atoms with Crippen LogP contribution in [0.25, 0.3) is 0 Å². The quantitative estimate of drug-likeness (QED) is 0.820. The molecule has 0 aromatic heterocycles. The van der Waals surface area contributed by atoms with E-state index in [0.29, 0.717) is 0 Å². The van der Waals surface area contributed by atoms with Crippen molar-refractivity contribution in [3.63, 3.8) is 0 Å². The fraction of sp³-hybridized carbons (Fsp3) is 0.200. The van der Waals surface area contributed by atoms with E-state index in [2.05, 4.69) is 23.1 Å². The average Bonchev–Trinajstić information content (AvgIpc) is 2.81. The second-order valence-electron chi connectivity index (χ2n) is 4.56. The van der Waals surface area contributed by atoms with Crippen molar-refractivity contribution in [3.8, 4) is 5.75 Å². The molecule has 0 amide bonds. The summed E-state index contributed by atoms with van der Waals surface area (Å²) >= 11 is 0. The number of nitrogens with zero attached hydrogens (tertiary/aromatic N) is 1. The Morgan fingerprint density at radius 2 is 1.83 bits per heavy atom. The van der Waals surface area contributed by atoms with Crippen LogP contribution in [0.3, 0.4) is 0 Å². The van der Waals surface area contributed by atoms with Crippen LogP contribution in [-0.4, -0.2) is 7.11 Å². The molecule has 0 spiro atoms. The third-order valence-corrected chi connectivity index (χ3v) is 3.38. The molecule has 92 valence electrons. The van der Waals surface area contributed by atoms with Gasteiger partial charge in [-0.3, -0.25) is 0 Å². The minimum atomic E-state index is 0.829. The van der Waals surface area contributed by atoms with E-state index in [4.69, 9.17) is 10.5 Å². The maximum atomic E-state index is 5.83. The number of rotatable bonds is 2. The van der Waals surface area contributed by atoms with Gasteiger partial charge < -0.3 is 15.4 Å². The van der Waals surface area contributed by atoms with Crippen LogP contribution in [0.2, 0.25) is 0 Å². The Bertz CT molecular complexity index is 580. The van der Waals surface area contributed by atoms with Crippen molar-refractivity contribution in [1.82, 2.24) is 0 Å². The van der Waals surface area contributed by atoms with Gasteiger partial charge in [0.15, 0.2) is 0 Å². The fourth-order valence-corrected chi connectivity index (χ4v) is 2.48. The molecule has 1 aliphatic rings. The van der Waals surface area contributed by atoms with Gasteiger partial charge in [-0.2, -0.15) is 0 Å². The Morgan fingerprint density at radius 3 is 2.67 bits per heavy atom. The molecule has 0 bridgehead atoms. The van der Waals surface area contributed by atoms with Crippen molar-refractivity contribution in [1.29, 1.82) is 0 Å². The van der Waals surface area contributed by atoms with E-state index in [1.165, 1.54) is 11.1 Å². The summed E-state index contributed by atoms with van der Waals surface area (Å²) in [6.45, 7) is 1.80. The Kier molecular flexibility index (Phi) is 2.59. The molecule has 3 rings (SSSR count). The molecule has 0 aliphatic carbocycles. The smallest absolute Gasteiger partial charge is 0.142 e. The normalized spacial score (nSPS) is 13.5. The van der Waals surface area contributed by atoms with E-state index < -0.39 is 0 Å². The molecule has 2 aromatic carbocycles. The first-order chi connectivity index (χ1) is 8.78. The zero-order chi connectivity index (χ0) is 12.5. The predicted octanol–water partition coefficient (Wildman–Crippen LogP) is 2.80. The predicted molar refractivity (Wildman–Crippen MR) is 73.7 cm³/mol. The summed E-state index contributed by atoms with van der Waals surface area (Å²) in [5, 5.41) is 0. The number of benzene rings is 2. The van der Waals surface area contributed by atoms with E-state index in [9.17, 15) is 0 Å². The first-order valence-electron chi connectivity index (χ1n) is 6.03. The number of nitrogens with two attached hydrogens (primary N) is 1. The molecule has 0 saturated heterocycles. The van der Waals surface area contributed by atoms with Crippen LogP contribution in [0, 0.1) is 0 Å². The molecule has 2 N–H and O–H groups in total. The van der Waals surface area contributed by atoms with Crippen molar-refractivity contribution in [2.75, 3.05) is 17.7 Å². The van der Waals surface area contributed by atoms with Crippen LogP contribution in [0.15, 0.2) is 42.5 Å². The molecule has 0 atom stereocenters. The summed E-state index contributed by atoms with van der Waals surface area (Å²) in [6.07, 6.45) is 0. The average molecular weight is 240 g/mol. The molecule has 18 heavy (non-hydrogen) atoms. The number of hydrogen-bond donors (Lipinski definition) is 1. The maximum absolute atomic E-state index is 5.83. The monoisotopic (exact) mass is 240 g/mol. The lowest BCUT2D eigenvalue weighted by molar-refractivity contribution is 0.414. The highest BCUT2D eigenvalue weighted by Gasteiger charge is 2.21. The molecule has 0 radical (unpaired) electrons. The van der Waals surface area contributed by atoms with Gasteiger partial charge in [-0.1, -0.05) is 18.2 Å². The van der Waals surface area contributed by atoms with Crippen LogP contribution >= 0.6 is 0 Å². The minimum Gasteiger partial charge on any atom is -0.495 e. The third kappa shape index (κ3) is 1.78. The molecule has 1 heterocycles. The molecular formula is C15H16N2O. The SMILES string of the molecule is COc1ccccc1N1Cc2ccc(N)cc2C1. The summed E-state index contributed by atoms with van der Waals surface area (Å²) < 4.78 is 5.41. The van der Waals surface area contributed by atoms with E-state index in [-0.39, 0.29) is 0 Å². The lowest BCUT2D eigenvalue weighted by Crippen LogP contribution is -2.15. The van der Waals surface area contributed by atoms with Gasteiger partial charge in [-0.15, -0.1) is 0 Å². The number of fused-ring (bicyclic) bond motifs is 1. The van der Waals surface area contributed by atoms with Crippen molar-refractivity contribution >= 4 is 11.4 Å². The van der Waals surface area contributed by atoms with Gasteiger partial charge in [0.1, 0.15) is 5.75 Å². The number of ether oxygens (including phenoxy) is 1. The number of hydrogen-bond acceptors (Lipinski definition) is 3. The van der Waals surface area contributed by atoms with Gasteiger partial charge in [0.25, 0.3) is 0 Å². The third-order valence-electron chi connectivity index (χ3n) is 3.38. The molecule has 0 unspecified atom stereocenters. The summed E-state index contributed by atoms with van der Waals surface area (Å²) in [7, 11) is 1.71. The summed E-state index contributed by atoms with van der Waals surface area (Å²) in [6, 6.07) is 14.2. The second-order valence-corrected chi connectivity index (χ2v) is 4.56. The second kappa shape index (κ2) is 4.26. The Labute approximate surface area is 107 Å². The molecule has 2 aromatic rings. The van der Waals surface area contributed by atoms with E-state index in [0.717, 1.165) is 30.2 Å². The standard InChI is InChI=1S/C15H16N2O/c1-18-15-5-3-2-4-14(15)17-9-11-6-7-13(16)8-12(11)10-17/h2-8H,9-10,16H2,1H3. The molecule has 1 aliphatic heterocycles. The van der Waals surface area contributed by atoms with E-state index in [1.54, 1.807) is 7.11 Å². The van der Waals surface area contributed by atoms with Crippen LogP contribution in [0.4, 0.5) is 11.4 Å². The van der Waals surface area contributed by atoms with Gasteiger partial charge in [0.05, 0.1) is 12.8 Å². The van der Waals surface area contributed by atoms with Crippen LogP contribution in [-0.2, 0) is 13.1 Å². The lowest BCUT2D eigenvalue weighted by atomic mass is 10.1. The number of anilines is 2. The summed E-state index contributed by atoms with van der Waals surface area (Å²) in [5.41, 5.74) is 10.4. The number of nitrogen functional groups attached to an aromatic ring is 1. The van der Waals surface area contributed by atoms with E-state index >= 15 is 0 Å². The molecule has 0 fully saturated rings. The molecular weight excluding hydrogens is 224 g/mol. The summed E-state index contributed by atoms with van der Waals surface area (Å²) in [5.74, 6) is 0.915. The first-order valence-corrected chi connectivity index (χ1v) is 6.03. The number of methoxy groups -OCH3 is 1. The minimum absolute atomic E-state index is 0.829. The zero-order valence-corrected chi connectivity index (χ0v) is 10.4. The highest BCUT2D eigenvalue weighted by atomic mass is 16.5. The van der Waals surface area contributed by atoms with Gasteiger partial charge in [-0.05, 0) is 35.4 Å². The van der Waals surface area contributed by atoms with Gasteiger partial charge in [-0.25, -0.2) is 0 Å². The van der Waals surface area contributed by atoms with E-state index in [1.807, 2.05) is 24.3 Å². The van der Waals surface area contributed by atoms with Crippen molar-refractivity contribution in [2.24, 2.45) is 0 Å². The topological polar surface area (TPSA) is 38.5 Å². The Morgan fingerprint density at radius 1 is 1.06 bits per heavy atom. The number of para-hydroxylation sites is 2. The fourth-order valence-electron chi connectivity index (χ4n) is 2.48. The molecule has 0 saturated carbocycles. The molecule has 3 nitrogen and oxygen atoms in total. The van der Waals surface area contributed by atoms with Crippen molar-refractivity contribution in [2.45, 2.75) is 13.1 Å². The van der Waals surface area contributed by atoms with Crippen molar-refractivity contribution in [3.05, 3.63) is 53.6 Å². The van der Waals surface area contributed by atoms with Crippen LogP contribution < -0.4 is 15.4 Å². The largest absolute Gasteiger partial charge is 0.495 e. The van der Waals surface area contributed by atoms with Crippen molar-refractivity contribution < 1.29 is 4.74 Å². The zero-order valence-electron chi connectivity index (χ0n) is 10.4. The van der Waals surface area contributed by atoms with Gasteiger partial charge in [0.2, 0.25) is 0 Å². The lowest BCUT2D eigenvalue weighted by Gasteiger charge is -2.20. The molecule has 3 heteroatoms. The maximum Gasteiger partial charge on any atom is 0.142 e. The summed E-state index contributed by atoms with van der Waals surface area (Å²) in [4.78, 5) is 2.31. The first kappa shape index (κ1) is 11.0. The highest BCUT2D eigenvalue weighted by molar-refractivity contribution is 5.62. The van der Waals surface area contributed by atoms with Gasteiger partial charge in [0, 0.05) is 18.8 Å². The van der Waals surface area contributed by atoms with Gasteiger partial charge >= 0.3 is 0 Å². The Balaban J connectivity index is 1.93.